The van der Waals surface area contributed by atoms with Gasteiger partial charge in [-0.2, -0.15) is 0 Å². The molecule has 1 unspecified atom stereocenters. The van der Waals surface area contributed by atoms with Gasteiger partial charge in [-0.05, 0) is 36.8 Å². The van der Waals surface area contributed by atoms with Crippen LogP contribution < -0.4 is 10.6 Å². The van der Waals surface area contributed by atoms with E-state index in [0.717, 1.165) is 29.3 Å². The molecule has 0 spiro atoms. The number of piperidine rings is 1. The van der Waals surface area contributed by atoms with Gasteiger partial charge in [0.25, 0.3) is 0 Å². The van der Waals surface area contributed by atoms with E-state index in [-0.39, 0.29) is 12.6 Å². The second-order valence-electron chi connectivity index (χ2n) is 5.57. The van der Waals surface area contributed by atoms with Gasteiger partial charge in [0.05, 0.1) is 12.6 Å². The summed E-state index contributed by atoms with van der Waals surface area (Å²) in [5.74, 6) is 0. The molecule has 110 valence electrons. The molecule has 3 N–H and O–H groups in total. The van der Waals surface area contributed by atoms with Gasteiger partial charge in [0.15, 0.2) is 0 Å². The fourth-order valence-corrected chi connectivity index (χ4v) is 3.43. The Morgan fingerprint density at radius 3 is 2.67 bits per heavy atom. The average molecular weight is 300 g/mol. The van der Waals surface area contributed by atoms with Gasteiger partial charge in [-0.3, -0.25) is 0 Å². The predicted molar refractivity (Wildman–Crippen MR) is 91.9 cm³/mol. The number of nitrogens with two attached hydrogens (primary N) is 1. The fraction of sp³-hybridized carbons (Fsp3) is 0.353. The highest BCUT2D eigenvalue weighted by Crippen LogP contribution is 2.33. The molecule has 3 rings (SSSR count). The number of aliphatic hydroxyl groups excluding tert-OH is 1. The van der Waals surface area contributed by atoms with Crippen LogP contribution in [0.2, 0.25) is 0 Å². The van der Waals surface area contributed by atoms with Crippen LogP contribution >= 0.6 is 12.2 Å². The number of benzene rings is 2. The second kappa shape index (κ2) is 6.00. The van der Waals surface area contributed by atoms with E-state index in [1.165, 1.54) is 18.5 Å². The molecule has 1 atom stereocenters. The molecule has 0 radical (unpaired) electrons. The second-order valence-corrected chi connectivity index (χ2v) is 6.01. The maximum atomic E-state index is 9.66. The first-order chi connectivity index (χ1) is 10.2. The molecule has 0 aromatic heterocycles. The normalized spacial score (nSPS) is 18.9. The van der Waals surface area contributed by atoms with E-state index in [2.05, 4.69) is 23.1 Å². The summed E-state index contributed by atoms with van der Waals surface area (Å²) in [6, 6.07) is 12.5. The molecule has 1 fully saturated rings. The van der Waals surface area contributed by atoms with E-state index in [1.807, 2.05) is 18.2 Å². The van der Waals surface area contributed by atoms with Crippen LogP contribution in [0.3, 0.4) is 0 Å². The Balaban J connectivity index is 2.15. The average Bonchev–Trinajstić information content (AvgIpc) is 2.53. The molecule has 0 saturated carbocycles. The summed E-state index contributed by atoms with van der Waals surface area (Å²) in [5, 5.41) is 11.9. The van der Waals surface area contributed by atoms with Gasteiger partial charge in [-0.1, -0.05) is 36.5 Å². The largest absolute Gasteiger partial charge is 0.394 e. The lowest BCUT2D eigenvalue weighted by Gasteiger charge is -2.37. The molecular formula is C17H20N2OS. The molecule has 1 saturated heterocycles. The van der Waals surface area contributed by atoms with Crippen molar-refractivity contribution in [2.24, 2.45) is 5.73 Å². The van der Waals surface area contributed by atoms with Crippen molar-refractivity contribution >= 4 is 33.7 Å². The van der Waals surface area contributed by atoms with Crippen molar-refractivity contribution in [2.75, 3.05) is 18.1 Å². The molecule has 3 nitrogen and oxygen atoms in total. The molecule has 0 aliphatic carbocycles. The van der Waals surface area contributed by atoms with Crippen LogP contribution in [0.4, 0.5) is 5.69 Å². The Hall–Kier alpha value is -1.65. The number of thiocarbonyl (C=S) groups is 1. The van der Waals surface area contributed by atoms with Crippen molar-refractivity contribution in [3.05, 3.63) is 42.0 Å². The van der Waals surface area contributed by atoms with Crippen molar-refractivity contribution in [1.29, 1.82) is 0 Å². The zero-order valence-electron chi connectivity index (χ0n) is 12.0. The van der Waals surface area contributed by atoms with Crippen LogP contribution in [-0.4, -0.2) is 29.3 Å². The molecular weight excluding hydrogens is 280 g/mol. The molecule has 0 bridgehead atoms. The Labute approximate surface area is 130 Å². The monoisotopic (exact) mass is 300 g/mol. The molecule has 2 aromatic rings. The summed E-state index contributed by atoms with van der Waals surface area (Å²) in [7, 11) is 0. The lowest BCUT2D eigenvalue weighted by atomic mass is 9.97. The molecule has 1 heterocycles. The number of aliphatic hydroxyl groups is 1. The van der Waals surface area contributed by atoms with E-state index in [4.69, 9.17) is 18.0 Å². The first-order valence-corrected chi connectivity index (χ1v) is 7.82. The number of nitrogens with zero attached hydrogens (tertiary/aromatic N) is 1. The first-order valence-electron chi connectivity index (χ1n) is 7.41. The zero-order chi connectivity index (χ0) is 14.8. The van der Waals surface area contributed by atoms with Crippen molar-refractivity contribution in [3.8, 4) is 0 Å². The van der Waals surface area contributed by atoms with Crippen LogP contribution in [0, 0.1) is 0 Å². The van der Waals surface area contributed by atoms with Gasteiger partial charge in [0, 0.05) is 23.2 Å². The molecule has 21 heavy (non-hydrogen) atoms. The van der Waals surface area contributed by atoms with Gasteiger partial charge in [-0.15, -0.1) is 0 Å². The maximum Gasteiger partial charge on any atom is 0.104 e. The Bertz CT molecular complexity index is 671. The molecule has 2 aromatic carbocycles. The summed E-state index contributed by atoms with van der Waals surface area (Å²) in [5.41, 5.74) is 7.93. The van der Waals surface area contributed by atoms with Crippen molar-refractivity contribution in [3.63, 3.8) is 0 Å². The highest BCUT2D eigenvalue weighted by atomic mass is 32.1. The van der Waals surface area contributed by atoms with Crippen molar-refractivity contribution < 1.29 is 5.11 Å². The van der Waals surface area contributed by atoms with Gasteiger partial charge in [-0.25, -0.2) is 0 Å². The minimum absolute atomic E-state index is 0.200. The minimum atomic E-state index is 0.200. The predicted octanol–water partition coefficient (Wildman–Crippen LogP) is 2.83. The van der Waals surface area contributed by atoms with Crippen LogP contribution in [0.1, 0.15) is 24.8 Å². The zero-order valence-corrected chi connectivity index (χ0v) is 12.8. The lowest BCUT2D eigenvalue weighted by Crippen LogP contribution is -2.42. The van der Waals surface area contributed by atoms with E-state index in [9.17, 15) is 5.11 Å². The number of fused-ring (bicyclic) bond motifs is 1. The SMILES string of the molecule is NC(=S)c1ccc(N2CCCCC2CO)c2ccccc12. The van der Waals surface area contributed by atoms with Gasteiger partial charge in [0.2, 0.25) is 0 Å². The smallest absolute Gasteiger partial charge is 0.104 e. The van der Waals surface area contributed by atoms with E-state index >= 15 is 0 Å². The third-order valence-corrected chi connectivity index (χ3v) is 4.53. The maximum absolute atomic E-state index is 9.66. The first kappa shape index (κ1) is 14.3. The third-order valence-electron chi connectivity index (χ3n) is 4.31. The standard InChI is InChI=1S/C17H20N2OS/c18-17(21)15-8-9-16(14-7-2-1-6-13(14)15)19-10-4-3-5-12(19)11-20/h1-2,6-9,12,20H,3-5,10-11H2,(H2,18,21). The Kier molecular flexibility index (Phi) is 4.08. The van der Waals surface area contributed by atoms with E-state index in [1.54, 1.807) is 0 Å². The minimum Gasteiger partial charge on any atom is -0.394 e. The van der Waals surface area contributed by atoms with E-state index < -0.39 is 0 Å². The number of rotatable bonds is 3. The van der Waals surface area contributed by atoms with Crippen molar-refractivity contribution in [1.82, 2.24) is 0 Å². The van der Waals surface area contributed by atoms with Gasteiger partial charge < -0.3 is 15.7 Å². The van der Waals surface area contributed by atoms with Crippen LogP contribution in [0.15, 0.2) is 36.4 Å². The Morgan fingerprint density at radius 2 is 1.95 bits per heavy atom. The topological polar surface area (TPSA) is 49.5 Å². The molecule has 1 aliphatic rings. The number of hydrogen-bond acceptors (Lipinski definition) is 3. The quantitative estimate of drug-likeness (QED) is 0.856. The summed E-state index contributed by atoms with van der Waals surface area (Å²) in [6.07, 6.45) is 3.40. The number of anilines is 1. The van der Waals surface area contributed by atoms with Crippen LogP contribution in [0.5, 0.6) is 0 Å². The van der Waals surface area contributed by atoms with Crippen molar-refractivity contribution in [2.45, 2.75) is 25.3 Å². The summed E-state index contributed by atoms with van der Waals surface area (Å²) in [6.45, 7) is 1.19. The highest BCUT2D eigenvalue weighted by molar-refractivity contribution is 7.80. The number of hydrogen-bond donors (Lipinski definition) is 2. The molecule has 4 heteroatoms. The van der Waals surface area contributed by atoms with E-state index in [0.29, 0.717) is 4.99 Å². The molecule has 0 amide bonds. The highest BCUT2D eigenvalue weighted by Gasteiger charge is 2.23. The van der Waals surface area contributed by atoms with Gasteiger partial charge >= 0.3 is 0 Å². The van der Waals surface area contributed by atoms with Crippen LogP contribution in [0.25, 0.3) is 10.8 Å². The van der Waals surface area contributed by atoms with Gasteiger partial charge in [0.1, 0.15) is 4.99 Å². The summed E-state index contributed by atoms with van der Waals surface area (Å²) >= 11 is 5.16. The van der Waals surface area contributed by atoms with Crippen LogP contribution in [-0.2, 0) is 0 Å². The third kappa shape index (κ3) is 2.61. The molecule has 1 aliphatic heterocycles. The summed E-state index contributed by atoms with van der Waals surface area (Å²) < 4.78 is 0. The summed E-state index contributed by atoms with van der Waals surface area (Å²) in [4.78, 5) is 2.75. The Morgan fingerprint density at radius 1 is 1.19 bits per heavy atom. The fourth-order valence-electron chi connectivity index (χ4n) is 3.26. The lowest BCUT2D eigenvalue weighted by molar-refractivity contribution is 0.240.